The Kier molecular flexibility index (Phi) is 6.54. The standard InChI is InChI=1S/C17H24Cl2N2O/c1-12(11-20)8-17(22)21-6-4-13(5-7-21)9-14-2-3-15(18)16(19)10-14/h2-3,10,12-13H,4-9,11,20H2,1H3/t12-/m1/s1. The zero-order valence-corrected chi connectivity index (χ0v) is 14.5. The number of hydrogen-bond donors (Lipinski definition) is 1. The summed E-state index contributed by atoms with van der Waals surface area (Å²) in [6.07, 6.45) is 3.65. The molecule has 2 rings (SSSR count). The van der Waals surface area contributed by atoms with Gasteiger partial charge in [-0.15, -0.1) is 0 Å². The zero-order valence-electron chi connectivity index (χ0n) is 13.0. The first-order valence-corrected chi connectivity index (χ1v) is 8.67. The maximum Gasteiger partial charge on any atom is 0.222 e. The van der Waals surface area contributed by atoms with E-state index in [1.807, 2.05) is 30.0 Å². The van der Waals surface area contributed by atoms with Gasteiger partial charge in [0.25, 0.3) is 0 Å². The molecule has 1 amide bonds. The Morgan fingerprint density at radius 2 is 2.00 bits per heavy atom. The fraction of sp³-hybridized carbons (Fsp3) is 0.588. The first-order valence-electron chi connectivity index (χ1n) is 7.91. The number of carbonyl (C=O) groups excluding carboxylic acids is 1. The number of amides is 1. The van der Waals surface area contributed by atoms with Crippen LogP contribution in [-0.4, -0.2) is 30.4 Å². The molecule has 1 fully saturated rings. The van der Waals surface area contributed by atoms with Gasteiger partial charge < -0.3 is 10.6 Å². The van der Waals surface area contributed by atoms with Crippen LogP contribution in [0, 0.1) is 11.8 Å². The van der Waals surface area contributed by atoms with Crippen molar-refractivity contribution in [2.45, 2.75) is 32.6 Å². The molecule has 0 spiro atoms. The predicted octanol–water partition coefficient (Wildman–Crippen LogP) is 3.76. The van der Waals surface area contributed by atoms with Gasteiger partial charge >= 0.3 is 0 Å². The van der Waals surface area contributed by atoms with Crippen LogP contribution >= 0.6 is 23.2 Å². The smallest absolute Gasteiger partial charge is 0.222 e. The monoisotopic (exact) mass is 342 g/mol. The summed E-state index contributed by atoms with van der Waals surface area (Å²) in [6.45, 7) is 4.29. The lowest BCUT2D eigenvalue weighted by Crippen LogP contribution is -2.39. The van der Waals surface area contributed by atoms with E-state index in [0.29, 0.717) is 28.9 Å². The van der Waals surface area contributed by atoms with E-state index in [1.165, 1.54) is 5.56 Å². The normalized spacial score (nSPS) is 17.5. The maximum atomic E-state index is 12.2. The summed E-state index contributed by atoms with van der Waals surface area (Å²) in [5.74, 6) is 1.11. The molecular weight excluding hydrogens is 319 g/mol. The highest BCUT2D eigenvalue weighted by atomic mass is 35.5. The molecule has 22 heavy (non-hydrogen) atoms. The Hall–Kier alpha value is -0.770. The predicted molar refractivity (Wildman–Crippen MR) is 92.3 cm³/mol. The molecule has 1 aliphatic rings. The molecule has 0 aliphatic carbocycles. The Labute approximate surface area is 142 Å². The molecule has 1 aromatic carbocycles. The lowest BCUT2D eigenvalue weighted by atomic mass is 9.90. The fourth-order valence-corrected chi connectivity index (χ4v) is 3.22. The van der Waals surface area contributed by atoms with E-state index in [-0.39, 0.29) is 11.8 Å². The number of halogens is 2. The van der Waals surface area contributed by atoms with Gasteiger partial charge in [0, 0.05) is 19.5 Å². The van der Waals surface area contributed by atoms with E-state index in [9.17, 15) is 4.79 Å². The van der Waals surface area contributed by atoms with Crippen LogP contribution < -0.4 is 5.73 Å². The molecule has 1 aromatic rings. The van der Waals surface area contributed by atoms with Crippen molar-refractivity contribution in [2.75, 3.05) is 19.6 Å². The molecule has 0 radical (unpaired) electrons. The van der Waals surface area contributed by atoms with E-state index < -0.39 is 0 Å². The van der Waals surface area contributed by atoms with Crippen LogP contribution in [0.2, 0.25) is 10.0 Å². The van der Waals surface area contributed by atoms with Crippen molar-refractivity contribution < 1.29 is 4.79 Å². The summed E-state index contributed by atoms with van der Waals surface area (Å²) in [4.78, 5) is 14.1. The van der Waals surface area contributed by atoms with Crippen molar-refractivity contribution in [1.29, 1.82) is 0 Å². The second-order valence-corrected chi connectivity index (χ2v) is 7.14. The third-order valence-electron chi connectivity index (χ3n) is 4.40. The Morgan fingerprint density at radius 1 is 1.32 bits per heavy atom. The SMILES string of the molecule is C[C@@H](CN)CC(=O)N1CCC(Cc2ccc(Cl)c(Cl)c2)CC1. The number of carbonyl (C=O) groups is 1. The second-order valence-electron chi connectivity index (χ2n) is 6.32. The molecule has 0 aromatic heterocycles. The molecule has 1 saturated heterocycles. The zero-order chi connectivity index (χ0) is 16.1. The molecule has 1 atom stereocenters. The van der Waals surface area contributed by atoms with Crippen molar-refractivity contribution in [3.05, 3.63) is 33.8 Å². The van der Waals surface area contributed by atoms with Gasteiger partial charge in [0.2, 0.25) is 5.91 Å². The third kappa shape index (κ3) is 4.87. The van der Waals surface area contributed by atoms with Crippen LogP contribution in [0.3, 0.4) is 0 Å². The number of nitrogens with two attached hydrogens (primary N) is 1. The summed E-state index contributed by atoms with van der Waals surface area (Å²) in [5.41, 5.74) is 6.81. The molecule has 5 heteroatoms. The molecule has 3 nitrogen and oxygen atoms in total. The van der Waals surface area contributed by atoms with Crippen molar-refractivity contribution in [3.8, 4) is 0 Å². The highest BCUT2D eigenvalue weighted by Gasteiger charge is 2.23. The van der Waals surface area contributed by atoms with Crippen LogP contribution in [0.1, 0.15) is 31.7 Å². The van der Waals surface area contributed by atoms with Crippen molar-refractivity contribution in [3.63, 3.8) is 0 Å². The van der Waals surface area contributed by atoms with Crippen LogP contribution in [0.15, 0.2) is 18.2 Å². The molecule has 1 heterocycles. The van der Waals surface area contributed by atoms with E-state index in [1.54, 1.807) is 0 Å². The first kappa shape index (κ1) is 17.6. The van der Waals surface area contributed by atoms with E-state index >= 15 is 0 Å². The summed E-state index contributed by atoms with van der Waals surface area (Å²) in [6, 6.07) is 5.84. The number of rotatable bonds is 5. The van der Waals surface area contributed by atoms with Gasteiger partial charge in [0.05, 0.1) is 10.0 Å². The number of benzene rings is 1. The number of nitrogens with zero attached hydrogens (tertiary/aromatic N) is 1. The lowest BCUT2D eigenvalue weighted by molar-refractivity contribution is -0.133. The largest absolute Gasteiger partial charge is 0.343 e. The topological polar surface area (TPSA) is 46.3 Å². The van der Waals surface area contributed by atoms with Crippen LogP contribution in [-0.2, 0) is 11.2 Å². The van der Waals surface area contributed by atoms with Crippen molar-refractivity contribution in [2.24, 2.45) is 17.6 Å². The van der Waals surface area contributed by atoms with Crippen LogP contribution in [0.25, 0.3) is 0 Å². The van der Waals surface area contributed by atoms with Crippen molar-refractivity contribution >= 4 is 29.1 Å². The molecule has 122 valence electrons. The summed E-state index contributed by atoms with van der Waals surface area (Å²) in [7, 11) is 0. The minimum atomic E-state index is 0.242. The van der Waals surface area contributed by atoms with Gasteiger partial charge in [0.15, 0.2) is 0 Å². The Balaban J connectivity index is 1.81. The highest BCUT2D eigenvalue weighted by Crippen LogP contribution is 2.27. The fourth-order valence-electron chi connectivity index (χ4n) is 2.90. The van der Waals surface area contributed by atoms with Gasteiger partial charge in [-0.1, -0.05) is 36.2 Å². The third-order valence-corrected chi connectivity index (χ3v) is 5.14. The number of likely N-dealkylation sites (tertiary alicyclic amines) is 1. The second kappa shape index (κ2) is 8.19. The average molecular weight is 343 g/mol. The van der Waals surface area contributed by atoms with Crippen LogP contribution in [0.5, 0.6) is 0 Å². The molecular formula is C17H24Cl2N2O. The lowest BCUT2D eigenvalue weighted by Gasteiger charge is -2.32. The van der Waals surface area contributed by atoms with Crippen LogP contribution in [0.4, 0.5) is 0 Å². The van der Waals surface area contributed by atoms with Gasteiger partial charge in [-0.2, -0.15) is 0 Å². The van der Waals surface area contributed by atoms with Gasteiger partial charge in [0.1, 0.15) is 0 Å². The van der Waals surface area contributed by atoms with Gasteiger partial charge in [-0.25, -0.2) is 0 Å². The summed E-state index contributed by atoms with van der Waals surface area (Å²) in [5, 5.41) is 1.21. The Bertz CT molecular complexity index is 513. The Morgan fingerprint density at radius 3 is 2.59 bits per heavy atom. The maximum absolute atomic E-state index is 12.2. The first-order chi connectivity index (χ1) is 10.5. The van der Waals surface area contributed by atoms with Crippen molar-refractivity contribution in [1.82, 2.24) is 4.90 Å². The highest BCUT2D eigenvalue weighted by molar-refractivity contribution is 6.42. The van der Waals surface area contributed by atoms with Gasteiger partial charge in [-0.05, 0) is 55.3 Å². The molecule has 0 unspecified atom stereocenters. The average Bonchev–Trinajstić information content (AvgIpc) is 2.51. The minimum absolute atomic E-state index is 0.242. The summed E-state index contributed by atoms with van der Waals surface area (Å²) >= 11 is 12.0. The minimum Gasteiger partial charge on any atom is -0.343 e. The molecule has 0 saturated carbocycles. The number of hydrogen-bond acceptors (Lipinski definition) is 2. The van der Waals surface area contributed by atoms with E-state index in [4.69, 9.17) is 28.9 Å². The number of piperidine rings is 1. The quantitative estimate of drug-likeness (QED) is 0.885. The molecule has 1 aliphatic heterocycles. The molecule has 0 bridgehead atoms. The van der Waals surface area contributed by atoms with E-state index in [2.05, 4.69) is 0 Å². The molecule has 2 N–H and O–H groups in total. The van der Waals surface area contributed by atoms with E-state index in [0.717, 1.165) is 32.4 Å². The van der Waals surface area contributed by atoms with Gasteiger partial charge in [-0.3, -0.25) is 4.79 Å². The summed E-state index contributed by atoms with van der Waals surface area (Å²) < 4.78 is 0.